The molecule has 0 saturated heterocycles. The lowest BCUT2D eigenvalue weighted by atomic mass is 9.98. The van der Waals surface area contributed by atoms with Crippen molar-refractivity contribution >= 4 is 16.7 Å². The summed E-state index contributed by atoms with van der Waals surface area (Å²) in [5.41, 5.74) is 2.73. The molecule has 8 heteroatoms. The fourth-order valence-electron chi connectivity index (χ4n) is 3.64. The summed E-state index contributed by atoms with van der Waals surface area (Å²) < 4.78 is 1.53. The summed E-state index contributed by atoms with van der Waals surface area (Å²) in [4.78, 5) is 31.1. The molecule has 1 aromatic carbocycles. The van der Waals surface area contributed by atoms with E-state index >= 15 is 0 Å². The first-order valence-electron chi connectivity index (χ1n) is 8.78. The minimum atomic E-state index is -0.319. The molecular weight excluding hydrogens is 342 g/mol. The topological polar surface area (TPSA) is 92.6 Å². The molecule has 5 rings (SSSR count). The molecule has 1 atom stereocenters. The van der Waals surface area contributed by atoms with E-state index < -0.39 is 0 Å². The average molecular weight is 359 g/mol. The number of H-pyrrole nitrogens is 1. The zero-order valence-electron chi connectivity index (χ0n) is 14.5. The second kappa shape index (κ2) is 6.31. The van der Waals surface area contributed by atoms with Crippen molar-refractivity contribution in [2.24, 2.45) is 0 Å². The van der Waals surface area contributed by atoms with Crippen LogP contribution in [0.1, 0.15) is 23.1 Å². The lowest BCUT2D eigenvalue weighted by molar-refractivity contribution is -0.134. The van der Waals surface area contributed by atoms with Crippen LogP contribution in [0.2, 0.25) is 0 Å². The third-order valence-electron chi connectivity index (χ3n) is 4.94. The monoisotopic (exact) mass is 359 g/mol. The van der Waals surface area contributed by atoms with Crippen LogP contribution in [0.3, 0.4) is 0 Å². The number of nitrogens with one attached hydrogen (secondary N) is 1. The molecule has 0 bridgehead atoms. The first kappa shape index (κ1) is 15.7. The second-order valence-corrected chi connectivity index (χ2v) is 6.56. The van der Waals surface area contributed by atoms with Gasteiger partial charge in [0.25, 0.3) is 0 Å². The van der Waals surface area contributed by atoms with Crippen molar-refractivity contribution < 1.29 is 4.79 Å². The van der Waals surface area contributed by atoms with Gasteiger partial charge < -0.3 is 9.88 Å². The Morgan fingerprint density at radius 1 is 1.22 bits per heavy atom. The van der Waals surface area contributed by atoms with Gasteiger partial charge in [-0.25, -0.2) is 14.6 Å². The predicted octanol–water partition coefficient (Wildman–Crippen LogP) is 1.72. The molecule has 0 fully saturated rings. The summed E-state index contributed by atoms with van der Waals surface area (Å²) in [7, 11) is 0. The highest BCUT2D eigenvalue weighted by atomic mass is 16.2. The Labute approximate surface area is 154 Å². The maximum absolute atomic E-state index is 13.0. The van der Waals surface area contributed by atoms with Gasteiger partial charge in [0.1, 0.15) is 25.2 Å². The van der Waals surface area contributed by atoms with Gasteiger partial charge in [-0.05, 0) is 11.5 Å². The molecule has 8 nitrogen and oxygen atoms in total. The second-order valence-electron chi connectivity index (χ2n) is 6.56. The van der Waals surface area contributed by atoms with Crippen molar-refractivity contribution in [3.63, 3.8) is 0 Å². The number of carbonyl (C=O) groups is 1. The summed E-state index contributed by atoms with van der Waals surface area (Å²) in [6.45, 7) is 0.742. The summed E-state index contributed by atoms with van der Waals surface area (Å²) in [5.74, 6) is -0.0332. The Morgan fingerprint density at radius 2 is 2.11 bits per heavy atom. The van der Waals surface area contributed by atoms with Gasteiger partial charge in [-0.15, -0.1) is 0 Å². The Balaban J connectivity index is 1.56. The van der Waals surface area contributed by atoms with Crippen molar-refractivity contribution in [2.75, 3.05) is 6.54 Å². The highest BCUT2D eigenvalue weighted by Crippen LogP contribution is 2.33. The van der Waals surface area contributed by atoms with Crippen molar-refractivity contribution in [1.82, 2.24) is 34.6 Å². The largest absolute Gasteiger partial charge is 0.348 e. The van der Waals surface area contributed by atoms with Gasteiger partial charge in [0.15, 0.2) is 0 Å². The third-order valence-corrected chi connectivity index (χ3v) is 4.94. The van der Waals surface area contributed by atoms with E-state index in [-0.39, 0.29) is 18.5 Å². The molecule has 4 aromatic rings. The molecule has 0 spiro atoms. The SMILES string of the molecule is O=C(Cn1cncn1)N1CCc2[nH]cnc2[C@H]1c1cc2ccccc2cn1. The van der Waals surface area contributed by atoms with E-state index in [1.165, 1.54) is 11.0 Å². The van der Waals surface area contributed by atoms with Crippen LogP contribution < -0.4 is 0 Å². The van der Waals surface area contributed by atoms with Gasteiger partial charge in [0.2, 0.25) is 5.91 Å². The van der Waals surface area contributed by atoms with Crippen LogP contribution in [0.4, 0.5) is 0 Å². The quantitative estimate of drug-likeness (QED) is 0.601. The third kappa shape index (κ3) is 2.75. The van der Waals surface area contributed by atoms with E-state index in [2.05, 4.69) is 31.1 Å². The fraction of sp³-hybridized carbons (Fsp3) is 0.211. The van der Waals surface area contributed by atoms with E-state index in [0.717, 1.165) is 34.3 Å². The molecule has 1 aliphatic rings. The summed E-state index contributed by atoms with van der Waals surface area (Å²) in [5, 5.41) is 6.21. The lowest BCUT2D eigenvalue weighted by Crippen LogP contribution is -2.42. The van der Waals surface area contributed by atoms with Gasteiger partial charge in [0, 0.05) is 30.2 Å². The molecule has 0 aliphatic carbocycles. The van der Waals surface area contributed by atoms with Crippen molar-refractivity contribution in [2.45, 2.75) is 19.0 Å². The van der Waals surface area contributed by atoms with E-state index in [1.54, 1.807) is 12.7 Å². The van der Waals surface area contributed by atoms with Gasteiger partial charge >= 0.3 is 0 Å². The van der Waals surface area contributed by atoms with Crippen molar-refractivity contribution in [3.05, 3.63) is 72.6 Å². The molecule has 0 saturated carbocycles. The van der Waals surface area contributed by atoms with E-state index in [0.29, 0.717) is 6.54 Å². The van der Waals surface area contributed by atoms with Gasteiger partial charge in [-0.3, -0.25) is 9.78 Å². The molecule has 1 amide bonds. The molecule has 0 unspecified atom stereocenters. The maximum atomic E-state index is 13.0. The van der Waals surface area contributed by atoms with E-state index in [1.807, 2.05) is 35.4 Å². The number of benzene rings is 1. The number of aromatic amines is 1. The number of amides is 1. The smallest absolute Gasteiger partial charge is 0.245 e. The first-order chi connectivity index (χ1) is 13.3. The van der Waals surface area contributed by atoms with Crippen molar-refractivity contribution in [1.29, 1.82) is 0 Å². The highest BCUT2D eigenvalue weighted by Gasteiger charge is 2.35. The zero-order valence-corrected chi connectivity index (χ0v) is 14.5. The predicted molar refractivity (Wildman–Crippen MR) is 97.6 cm³/mol. The number of hydrogen-bond donors (Lipinski definition) is 1. The van der Waals surface area contributed by atoms with Gasteiger partial charge in [0.05, 0.1) is 17.7 Å². The minimum Gasteiger partial charge on any atom is -0.348 e. The van der Waals surface area contributed by atoms with E-state index in [9.17, 15) is 4.79 Å². The number of rotatable bonds is 3. The number of imidazole rings is 1. The molecule has 1 N–H and O–H groups in total. The van der Waals surface area contributed by atoms with Crippen LogP contribution in [0, 0.1) is 0 Å². The Kier molecular flexibility index (Phi) is 3.67. The first-order valence-corrected chi connectivity index (χ1v) is 8.78. The molecule has 1 aliphatic heterocycles. The van der Waals surface area contributed by atoms with Crippen molar-refractivity contribution in [3.8, 4) is 0 Å². The summed E-state index contributed by atoms with van der Waals surface area (Å²) in [6.07, 6.45) is 7.25. The molecule has 134 valence electrons. The van der Waals surface area contributed by atoms with Gasteiger partial charge in [-0.1, -0.05) is 24.3 Å². The lowest BCUT2D eigenvalue weighted by Gasteiger charge is -2.34. The summed E-state index contributed by atoms with van der Waals surface area (Å²) >= 11 is 0. The standard InChI is InChI=1S/C19H17N7O/c27-17(9-25-12-20-10-24-25)26-6-5-15-18(23-11-22-15)19(26)16-7-13-3-1-2-4-14(13)8-21-16/h1-4,7-8,10-12,19H,5-6,9H2,(H,22,23)/t19-/m1/s1. The van der Waals surface area contributed by atoms with Crippen LogP contribution >= 0.6 is 0 Å². The molecular formula is C19H17N7O. The number of pyridine rings is 1. The van der Waals surface area contributed by atoms with Crippen LogP contribution in [-0.4, -0.2) is 47.1 Å². The van der Waals surface area contributed by atoms with Gasteiger partial charge in [-0.2, -0.15) is 5.10 Å². The van der Waals surface area contributed by atoms with Crippen LogP contribution in [-0.2, 0) is 17.8 Å². The zero-order chi connectivity index (χ0) is 18.2. The minimum absolute atomic E-state index is 0.0332. The number of nitrogens with zero attached hydrogens (tertiary/aromatic N) is 6. The van der Waals surface area contributed by atoms with Crippen LogP contribution in [0.5, 0.6) is 0 Å². The normalized spacial score (nSPS) is 16.4. The Morgan fingerprint density at radius 3 is 2.96 bits per heavy atom. The van der Waals surface area contributed by atoms with Crippen LogP contribution in [0.15, 0.2) is 55.5 Å². The summed E-state index contributed by atoms with van der Waals surface area (Å²) in [6, 6.07) is 9.79. The fourth-order valence-corrected chi connectivity index (χ4v) is 3.64. The molecule has 0 radical (unpaired) electrons. The van der Waals surface area contributed by atoms with E-state index in [4.69, 9.17) is 0 Å². The number of hydrogen-bond acceptors (Lipinski definition) is 5. The highest BCUT2D eigenvalue weighted by molar-refractivity contribution is 5.82. The number of carbonyl (C=O) groups excluding carboxylic acids is 1. The molecule has 4 heterocycles. The molecule has 3 aromatic heterocycles. The average Bonchev–Trinajstić information content (AvgIpc) is 3.38. The maximum Gasteiger partial charge on any atom is 0.245 e. The molecule has 27 heavy (non-hydrogen) atoms. The number of aromatic nitrogens is 6. The van der Waals surface area contributed by atoms with Crippen LogP contribution in [0.25, 0.3) is 10.8 Å². The Hall–Kier alpha value is -3.55. The Bertz CT molecular complexity index is 1100. The number of fused-ring (bicyclic) bond motifs is 2.